The minimum absolute atomic E-state index is 0.424. The van der Waals surface area contributed by atoms with Crippen LogP contribution in [0.15, 0.2) is 48.1 Å². The van der Waals surface area contributed by atoms with Gasteiger partial charge in [0.2, 0.25) is 0 Å². The van der Waals surface area contributed by atoms with Crippen molar-refractivity contribution in [3.63, 3.8) is 0 Å². The summed E-state index contributed by atoms with van der Waals surface area (Å²) >= 11 is 0. The standard InChI is InChI=1S/C27H46/c1-21(2)14-15-23(5)16-17-25-12-10-20-27(7,8)26(19-18-25)13-9-11-24(6)22(3)4/h9,11-12,16-17,21,23-24,26H,3,10,13-15,18-20H2,1-2,4-8H3/b11-9+,17-16-,25-12-. The maximum absolute atomic E-state index is 4.08. The van der Waals surface area contributed by atoms with Crippen molar-refractivity contribution in [1.82, 2.24) is 0 Å². The van der Waals surface area contributed by atoms with E-state index in [2.05, 4.69) is 85.4 Å². The fraction of sp³-hybridized carbons (Fsp3) is 0.704. The van der Waals surface area contributed by atoms with Gasteiger partial charge >= 0.3 is 0 Å². The topological polar surface area (TPSA) is 0 Å². The Labute approximate surface area is 170 Å². The maximum atomic E-state index is 4.08. The molecular weight excluding hydrogens is 324 g/mol. The quantitative estimate of drug-likeness (QED) is 0.355. The van der Waals surface area contributed by atoms with Gasteiger partial charge in [0.25, 0.3) is 0 Å². The Kier molecular flexibility index (Phi) is 10.4. The molecule has 0 aromatic heterocycles. The zero-order valence-electron chi connectivity index (χ0n) is 19.4. The molecule has 1 aliphatic carbocycles. The highest BCUT2D eigenvalue weighted by Crippen LogP contribution is 2.40. The second kappa shape index (κ2) is 11.7. The van der Waals surface area contributed by atoms with Gasteiger partial charge in [-0.2, -0.15) is 0 Å². The molecule has 0 aromatic rings. The Morgan fingerprint density at radius 1 is 1.19 bits per heavy atom. The molecule has 0 fully saturated rings. The summed E-state index contributed by atoms with van der Waals surface area (Å²) in [5.41, 5.74) is 3.24. The Bertz CT molecular complexity index is 526. The van der Waals surface area contributed by atoms with Crippen LogP contribution in [0.1, 0.15) is 93.4 Å². The van der Waals surface area contributed by atoms with Crippen molar-refractivity contribution >= 4 is 0 Å². The highest BCUT2D eigenvalue weighted by molar-refractivity contribution is 5.20. The van der Waals surface area contributed by atoms with Gasteiger partial charge in [0.1, 0.15) is 0 Å². The number of hydrogen-bond donors (Lipinski definition) is 0. The predicted octanol–water partition coefficient (Wildman–Crippen LogP) is 8.92. The van der Waals surface area contributed by atoms with Crippen LogP contribution >= 0.6 is 0 Å². The molecule has 0 spiro atoms. The van der Waals surface area contributed by atoms with Gasteiger partial charge in [0.15, 0.2) is 0 Å². The monoisotopic (exact) mass is 370 g/mol. The molecule has 0 nitrogen and oxygen atoms in total. The molecule has 3 unspecified atom stereocenters. The van der Waals surface area contributed by atoms with Crippen molar-refractivity contribution < 1.29 is 0 Å². The van der Waals surface area contributed by atoms with E-state index in [-0.39, 0.29) is 0 Å². The largest absolute Gasteiger partial charge is 0.0996 e. The summed E-state index contributed by atoms with van der Waals surface area (Å²) in [6.07, 6.45) is 21.0. The summed E-state index contributed by atoms with van der Waals surface area (Å²) in [7, 11) is 0. The number of rotatable bonds is 9. The van der Waals surface area contributed by atoms with E-state index in [4.69, 9.17) is 0 Å². The molecule has 0 radical (unpaired) electrons. The van der Waals surface area contributed by atoms with E-state index in [1.165, 1.54) is 50.5 Å². The van der Waals surface area contributed by atoms with Gasteiger partial charge in [0.05, 0.1) is 0 Å². The molecule has 0 bridgehead atoms. The van der Waals surface area contributed by atoms with Crippen molar-refractivity contribution in [2.24, 2.45) is 29.1 Å². The molecule has 0 amide bonds. The molecular formula is C27H46. The average Bonchev–Trinajstić information content (AvgIpc) is 2.57. The second-order valence-corrected chi connectivity index (χ2v) is 10.1. The van der Waals surface area contributed by atoms with Gasteiger partial charge < -0.3 is 0 Å². The Morgan fingerprint density at radius 2 is 1.89 bits per heavy atom. The van der Waals surface area contributed by atoms with Gasteiger partial charge in [-0.05, 0) is 74.5 Å². The lowest BCUT2D eigenvalue weighted by Crippen LogP contribution is -2.25. The lowest BCUT2D eigenvalue weighted by atomic mass is 9.70. The normalized spacial score (nSPS) is 25.2. The Balaban J connectivity index is 2.65. The van der Waals surface area contributed by atoms with E-state index < -0.39 is 0 Å². The van der Waals surface area contributed by atoms with Gasteiger partial charge in [-0.3, -0.25) is 0 Å². The lowest BCUT2D eigenvalue weighted by Gasteiger charge is -2.35. The van der Waals surface area contributed by atoms with Gasteiger partial charge in [-0.25, -0.2) is 0 Å². The zero-order chi connectivity index (χ0) is 20.4. The first-order valence-electron chi connectivity index (χ1n) is 11.3. The Hall–Kier alpha value is -1.04. The van der Waals surface area contributed by atoms with E-state index in [9.17, 15) is 0 Å². The summed E-state index contributed by atoms with van der Waals surface area (Å²) < 4.78 is 0. The molecule has 27 heavy (non-hydrogen) atoms. The molecule has 0 saturated heterocycles. The molecule has 0 heteroatoms. The first-order valence-corrected chi connectivity index (χ1v) is 11.3. The van der Waals surface area contributed by atoms with Crippen LogP contribution in [0.2, 0.25) is 0 Å². The van der Waals surface area contributed by atoms with E-state index in [0.717, 1.165) is 11.8 Å². The third-order valence-corrected chi connectivity index (χ3v) is 6.54. The molecule has 0 saturated carbocycles. The van der Waals surface area contributed by atoms with Crippen LogP contribution in [-0.4, -0.2) is 0 Å². The van der Waals surface area contributed by atoms with Crippen LogP contribution in [0.5, 0.6) is 0 Å². The smallest absolute Gasteiger partial charge is 0.00571 e. The van der Waals surface area contributed by atoms with E-state index >= 15 is 0 Å². The van der Waals surface area contributed by atoms with Crippen molar-refractivity contribution in [3.8, 4) is 0 Å². The summed E-state index contributed by atoms with van der Waals surface area (Å²) in [6.45, 7) is 20.4. The highest BCUT2D eigenvalue weighted by atomic mass is 14.3. The molecule has 0 aromatic carbocycles. The maximum Gasteiger partial charge on any atom is -0.00571 e. The van der Waals surface area contributed by atoms with Crippen molar-refractivity contribution in [1.29, 1.82) is 0 Å². The fourth-order valence-electron chi connectivity index (χ4n) is 3.85. The van der Waals surface area contributed by atoms with Crippen LogP contribution < -0.4 is 0 Å². The van der Waals surface area contributed by atoms with Crippen molar-refractivity contribution in [2.75, 3.05) is 0 Å². The van der Waals surface area contributed by atoms with E-state index in [1.807, 2.05) is 0 Å². The average molecular weight is 371 g/mol. The molecule has 154 valence electrons. The number of hydrogen-bond acceptors (Lipinski definition) is 0. The van der Waals surface area contributed by atoms with E-state index in [0.29, 0.717) is 17.3 Å². The summed E-state index contributed by atoms with van der Waals surface area (Å²) in [6, 6.07) is 0. The molecule has 1 rings (SSSR count). The molecule has 3 atom stereocenters. The van der Waals surface area contributed by atoms with Crippen molar-refractivity contribution in [2.45, 2.75) is 93.4 Å². The van der Waals surface area contributed by atoms with Gasteiger partial charge in [0, 0.05) is 0 Å². The second-order valence-electron chi connectivity index (χ2n) is 10.1. The van der Waals surface area contributed by atoms with Crippen molar-refractivity contribution in [3.05, 3.63) is 48.1 Å². The van der Waals surface area contributed by atoms with Gasteiger partial charge in [-0.15, -0.1) is 0 Å². The molecule has 0 heterocycles. The first kappa shape index (κ1) is 24.0. The number of allylic oxidation sites excluding steroid dienone is 7. The molecule has 0 N–H and O–H groups in total. The van der Waals surface area contributed by atoms with Gasteiger partial charge in [-0.1, -0.05) is 96.1 Å². The van der Waals surface area contributed by atoms with Crippen LogP contribution in [0.25, 0.3) is 0 Å². The minimum Gasteiger partial charge on any atom is -0.0996 e. The molecule has 1 aliphatic rings. The first-order chi connectivity index (χ1) is 12.6. The SMILES string of the molecule is C=C(C)C(C)/C=C/CC1CCC(/C=C\C(C)CCC(C)C)=C\CCC1(C)C. The van der Waals surface area contributed by atoms with E-state index in [1.54, 1.807) is 5.57 Å². The minimum atomic E-state index is 0.424. The third kappa shape index (κ3) is 9.63. The van der Waals surface area contributed by atoms with Crippen LogP contribution in [0.4, 0.5) is 0 Å². The summed E-state index contributed by atoms with van der Waals surface area (Å²) in [5, 5.41) is 0. The van der Waals surface area contributed by atoms with Crippen LogP contribution in [-0.2, 0) is 0 Å². The summed E-state index contributed by atoms with van der Waals surface area (Å²) in [4.78, 5) is 0. The highest BCUT2D eigenvalue weighted by Gasteiger charge is 2.28. The third-order valence-electron chi connectivity index (χ3n) is 6.54. The Morgan fingerprint density at radius 3 is 2.52 bits per heavy atom. The summed E-state index contributed by atoms with van der Waals surface area (Å²) in [5.74, 6) is 2.76. The van der Waals surface area contributed by atoms with Crippen LogP contribution in [0.3, 0.4) is 0 Å². The van der Waals surface area contributed by atoms with Crippen LogP contribution in [0, 0.1) is 29.1 Å². The zero-order valence-corrected chi connectivity index (χ0v) is 19.4. The molecule has 0 aliphatic heterocycles. The predicted molar refractivity (Wildman–Crippen MR) is 124 cm³/mol. The lowest BCUT2D eigenvalue weighted by molar-refractivity contribution is 0.183. The fourth-order valence-corrected chi connectivity index (χ4v) is 3.85.